The van der Waals surface area contributed by atoms with Crippen molar-refractivity contribution in [2.24, 2.45) is 5.92 Å². The molecule has 1 saturated carbocycles. The summed E-state index contributed by atoms with van der Waals surface area (Å²) in [5.41, 5.74) is 3.67. The molecule has 0 spiro atoms. The first-order valence-electron chi connectivity index (χ1n) is 8.12. The van der Waals surface area contributed by atoms with Crippen LogP contribution in [0.4, 0.5) is 0 Å². The molecule has 1 heterocycles. The Balaban J connectivity index is 0.000000882. The minimum Gasteiger partial charge on any atom is -0.497 e. The zero-order valence-electron chi connectivity index (χ0n) is 13.6. The number of likely N-dealkylation sites (N-methyl/N-ethyl adjacent to an activating group) is 1. The van der Waals surface area contributed by atoms with Crippen LogP contribution in [0.1, 0.15) is 43.2 Å². The number of ether oxygens (including phenoxy) is 1. The summed E-state index contributed by atoms with van der Waals surface area (Å²) in [5.74, 6) is 1.91. The molecule has 2 fully saturated rings. The lowest BCUT2D eigenvalue weighted by molar-refractivity contribution is 0.00274. The summed E-state index contributed by atoms with van der Waals surface area (Å²) in [6, 6.07) is 7.60. The number of methoxy groups -OCH3 is 1. The third-order valence-electron chi connectivity index (χ3n) is 6.32. The Morgan fingerprint density at radius 1 is 1.23 bits per heavy atom. The maximum absolute atomic E-state index is 5.51. The largest absolute Gasteiger partial charge is 0.497 e. The zero-order chi connectivity index (χ0) is 13.7. The molecule has 0 radical (unpaired) electrons. The zero-order valence-corrected chi connectivity index (χ0v) is 14.4. The van der Waals surface area contributed by atoms with Gasteiger partial charge in [-0.15, -0.1) is 12.4 Å². The van der Waals surface area contributed by atoms with Crippen LogP contribution >= 0.6 is 12.4 Å². The van der Waals surface area contributed by atoms with Crippen LogP contribution in [-0.2, 0) is 11.8 Å². The average Bonchev–Trinajstić information content (AvgIpc) is 2.50. The minimum absolute atomic E-state index is 0. The van der Waals surface area contributed by atoms with Crippen molar-refractivity contribution in [3.05, 3.63) is 29.3 Å². The van der Waals surface area contributed by atoms with Gasteiger partial charge in [-0.25, -0.2) is 0 Å². The molecule has 4 heteroatoms. The van der Waals surface area contributed by atoms with Crippen molar-refractivity contribution in [2.45, 2.75) is 50.0 Å². The molecule has 1 aromatic rings. The van der Waals surface area contributed by atoms with Crippen molar-refractivity contribution in [1.82, 2.24) is 4.90 Å². The second-order valence-electron chi connectivity index (χ2n) is 7.03. The number of hydrogen-bond acceptors (Lipinski definition) is 2. The second kappa shape index (κ2) is 6.38. The van der Waals surface area contributed by atoms with E-state index in [1.165, 1.54) is 45.1 Å². The fraction of sp³-hybridized carbons (Fsp3) is 0.667. The SMILES string of the molecule is COc1ccc2c(c1)[C@]13CCCC[C@@H]1[C@H](C2)N(C)CC3.Cl.O. The fourth-order valence-corrected chi connectivity index (χ4v) is 5.30. The van der Waals surface area contributed by atoms with Gasteiger partial charge in [-0.3, -0.25) is 0 Å². The van der Waals surface area contributed by atoms with Gasteiger partial charge >= 0.3 is 0 Å². The molecule has 2 N–H and O–H groups in total. The molecular formula is C18H28ClNO2. The van der Waals surface area contributed by atoms with Gasteiger partial charge in [-0.1, -0.05) is 18.9 Å². The molecule has 0 unspecified atom stereocenters. The predicted molar refractivity (Wildman–Crippen MR) is 92.2 cm³/mol. The molecule has 0 amide bonds. The van der Waals surface area contributed by atoms with E-state index in [2.05, 4.69) is 30.1 Å². The van der Waals surface area contributed by atoms with Crippen LogP contribution in [0, 0.1) is 5.92 Å². The molecule has 2 bridgehead atoms. The van der Waals surface area contributed by atoms with E-state index >= 15 is 0 Å². The lowest BCUT2D eigenvalue weighted by atomic mass is 9.52. The van der Waals surface area contributed by atoms with Crippen LogP contribution in [0.15, 0.2) is 18.2 Å². The predicted octanol–water partition coefficient (Wildman–Crippen LogP) is 2.98. The number of nitrogens with zero attached hydrogens (tertiary/aromatic N) is 1. The van der Waals surface area contributed by atoms with Crippen LogP contribution in [-0.4, -0.2) is 37.1 Å². The van der Waals surface area contributed by atoms with Gasteiger partial charge < -0.3 is 15.1 Å². The van der Waals surface area contributed by atoms with Crippen molar-refractivity contribution in [3.63, 3.8) is 0 Å². The summed E-state index contributed by atoms with van der Waals surface area (Å²) in [4.78, 5) is 2.63. The van der Waals surface area contributed by atoms with E-state index in [1.54, 1.807) is 18.2 Å². The standard InChI is InChI=1S/C18H25NO.ClH.H2O/c1-19-10-9-18-8-4-3-5-15(18)17(19)11-13-6-7-14(20-2)12-16(13)18;;/h6-7,12,15,17H,3-5,8-11H2,1-2H3;1H;1H2/t15-,17+,18+;;/m1../s1. The Kier molecular flexibility index (Phi) is 5.10. The van der Waals surface area contributed by atoms with Crippen molar-refractivity contribution in [1.29, 1.82) is 0 Å². The van der Waals surface area contributed by atoms with Gasteiger partial charge in [0.25, 0.3) is 0 Å². The van der Waals surface area contributed by atoms with E-state index in [0.29, 0.717) is 5.41 Å². The Bertz CT molecular complexity index is 536. The number of piperidine rings is 1. The van der Waals surface area contributed by atoms with E-state index in [1.807, 2.05) is 0 Å². The van der Waals surface area contributed by atoms with Gasteiger partial charge in [0, 0.05) is 11.5 Å². The normalized spacial score (nSPS) is 32.8. The highest BCUT2D eigenvalue weighted by molar-refractivity contribution is 5.85. The van der Waals surface area contributed by atoms with Gasteiger partial charge in [-0.05, 0) is 68.5 Å². The highest BCUT2D eigenvalue weighted by Gasteiger charge is 2.53. The van der Waals surface area contributed by atoms with E-state index in [-0.39, 0.29) is 17.9 Å². The molecule has 1 aromatic carbocycles. The fourth-order valence-electron chi connectivity index (χ4n) is 5.30. The number of fused-ring (bicyclic) bond motifs is 1. The quantitative estimate of drug-likeness (QED) is 0.796. The monoisotopic (exact) mass is 325 g/mol. The summed E-state index contributed by atoms with van der Waals surface area (Å²) in [5, 5.41) is 0. The van der Waals surface area contributed by atoms with Crippen molar-refractivity contribution < 1.29 is 10.2 Å². The molecule has 124 valence electrons. The molecule has 4 rings (SSSR count). The van der Waals surface area contributed by atoms with E-state index < -0.39 is 0 Å². The third-order valence-corrected chi connectivity index (χ3v) is 6.32. The Hall–Kier alpha value is -0.770. The lowest BCUT2D eigenvalue weighted by Crippen LogP contribution is -2.59. The van der Waals surface area contributed by atoms with Crippen LogP contribution in [0.3, 0.4) is 0 Å². The Morgan fingerprint density at radius 3 is 2.82 bits per heavy atom. The van der Waals surface area contributed by atoms with Gasteiger partial charge in [0.2, 0.25) is 0 Å². The number of rotatable bonds is 1. The Labute approximate surface area is 139 Å². The van der Waals surface area contributed by atoms with E-state index in [0.717, 1.165) is 17.7 Å². The van der Waals surface area contributed by atoms with Crippen LogP contribution < -0.4 is 4.74 Å². The second-order valence-corrected chi connectivity index (χ2v) is 7.03. The van der Waals surface area contributed by atoms with Gasteiger partial charge in [0.15, 0.2) is 0 Å². The first kappa shape index (κ1) is 17.6. The van der Waals surface area contributed by atoms with Gasteiger partial charge in [0.1, 0.15) is 5.75 Å². The minimum atomic E-state index is 0. The number of halogens is 1. The Morgan fingerprint density at radius 2 is 2.05 bits per heavy atom. The maximum Gasteiger partial charge on any atom is 0.119 e. The molecule has 2 aliphatic carbocycles. The molecular weight excluding hydrogens is 298 g/mol. The molecule has 3 aliphatic rings. The number of likely N-dealkylation sites (tertiary alicyclic amines) is 1. The van der Waals surface area contributed by atoms with Crippen molar-refractivity contribution in [3.8, 4) is 5.75 Å². The van der Waals surface area contributed by atoms with Gasteiger partial charge in [0.05, 0.1) is 7.11 Å². The summed E-state index contributed by atoms with van der Waals surface area (Å²) in [6.07, 6.45) is 8.22. The summed E-state index contributed by atoms with van der Waals surface area (Å²) in [6.45, 7) is 1.26. The summed E-state index contributed by atoms with van der Waals surface area (Å²) >= 11 is 0. The number of hydrogen-bond donors (Lipinski definition) is 0. The van der Waals surface area contributed by atoms with Crippen LogP contribution in [0.25, 0.3) is 0 Å². The maximum atomic E-state index is 5.51. The van der Waals surface area contributed by atoms with Gasteiger partial charge in [-0.2, -0.15) is 0 Å². The van der Waals surface area contributed by atoms with E-state index in [4.69, 9.17) is 4.74 Å². The smallest absolute Gasteiger partial charge is 0.119 e. The number of benzene rings is 1. The third kappa shape index (κ3) is 2.34. The topological polar surface area (TPSA) is 44.0 Å². The first-order chi connectivity index (χ1) is 9.74. The molecule has 1 aliphatic heterocycles. The first-order valence-corrected chi connectivity index (χ1v) is 8.12. The lowest BCUT2D eigenvalue weighted by Gasteiger charge is -2.58. The van der Waals surface area contributed by atoms with Crippen LogP contribution in [0.2, 0.25) is 0 Å². The van der Waals surface area contributed by atoms with Crippen molar-refractivity contribution >= 4 is 12.4 Å². The van der Waals surface area contributed by atoms with Crippen molar-refractivity contribution in [2.75, 3.05) is 20.7 Å². The average molecular weight is 326 g/mol. The summed E-state index contributed by atoms with van der Waals surface area (Å²) in [7, 11) is 4.12. The highest BCUT2D eigenvalue weighted by atomic mass is 35.5. The summed E-state index contributed by atoms with van der Waals surface area (Å²) < 4.78 is 5.51. The highest BCUT2D eigenvalue weighted by Crippen LogP contribution is 2.55. The van der Waals surface area contributed by atoms with E-state index in [9.17, 15) is 0 Å². The molecule has 3 nitrogen and oxygen atoms in total. The molecule has 22 heavy (non-hydrogen) atoms. The molecule has 0 aromatic heterocycles. The molecule has 1 saturated heterocycles. The molecule has 3 atom stereocenters. The van der Waals surface area contributed by atoms with Crippen LogP contribution in [0.5, 0.6) is 5.75 Å².